The van der Waals surface area contributed by atoms with Gasteiger partial charge in [0.2, 0.25) is 5.91 Å². The van der Waals surface area contributed by atoms with Crippen molar-refractivity contribution in [3.8, 4) is 0 Å². The van der Waals surface area contributed by atoms with Gasteiger partial charge in [-0.15, -0.1) is 0 Å². The smallest absolute Gasteiger partial charge is 0.253 e. The molecule has 11 nitrogen and oxygen atoms in total. The average Bonchev–Trinajstić information content (AvgIpc) is 3.85. The number of anilines is 2. The Labute approximate surface area is 385 Å². The fraction of sp³-hybridized carbons (Fsp3) is 0.426. The standard InChI is InChI=1S/C24H27Cl2N3O3.C22H25Cl2N3O2.CH4/c1-16(30)29(20-8-6-19(26)7-9-20)21-10-12-27(13-11-21)22-14-28(15-23(22)31)24(32)17-2-4-18(25)5-3-17;23-16-3-1-15(2-4-16)22(29)27-13-20(21(28)14-27)26-11-9-19(10-12-26)25-18-7-5-17(24)6-8-18;/h2-9,21-23,31H,10-15H2,1H3;1-8,19-21,25,28H,9-14H2;1H4/t22-,23-;20-,21-;/m00./s1. The number of carbonyl (C=O) groups excluding carboxylic acids is 3. The molecular formula is C47H56Cl4N6O5. The maximum Gasteiger partial charge on any atom is 0.253 e. The molecule has 3 N–H and O–H groups in total. The van der Waals surface area contributed by atoms with Crippen LogP contribution in [0, 0.1) is 0 Å². The molecule has 3 amide bonds. The number of carbonyl (C=O) groups is 3. The van der Waals surface area contributed by atoms with Crippen molar-refractivity contribution in [1.82, 2.24) is 19.6 Å². The van der Waals surface area contributed by atoms with Gasteiger partial charge >= 0.3 is 0 Å². The number of nitrogens with one attached hydrogen (secondary N) is 1. The second-order valence-corrected chi connectivity index (χ2v) is 18.0. The van der Waals surface area contributed by atoms with E-state index in [4.69, 9.17) is 46.4 Å². The molecule has 0 bridgehead atoms. The lowest BCUT2D eigenvalue weighted by molar-refractivity contribution is -0.117. The Morgan fingerprint density at radius 3 is 1.34 bits per heavy atom. The third-order valence-corrected chi connectivity index (χ3v) is 13.3. The molecule has 8 rings (SSSR count). The number of benzene rings is 4. The zero-order valence-corrected chi connectivity index (χ0v) is 37.1. The van der Waals surface area contributed by atoms with Crippen molar-refractivity contribution >= 4 is 75.5 Å². The number of β-amino-alcohol motifs (C(OH)–C–C–N with tert-alkyl or cyclic N) is 2. The summed E-state index contributed by atoms with van der Waals surface area (Å²) in [5, 5.41) is 27.4. The molecule has 15 heteroatoms. The van der Waals surface area contributed by atoms with Crippen LogP contribution in [0.4, 0.5) is 11.4 Å². The van der Waals surface area contributed by atoms with Crippen molar-refractivity contribution in [2.24, 2.45) is 0 Å². The molecule has 62 heavy (non-hydrogen) atoms. The van der Waals surface area contributed by atoms with Gasteiger partial charge in [-0.05, 0) is 123 Å². The number of amides is 3. The molecule has 4 aliphatic rings. The SMILES string of the molecule is C.CC(=O)N(c1ccc(Cl)cc1)C1CCN([C@H]2CN(C(=O)c3ccc(Cl)cc3)C[C@@H]2O)CC1.O=C(c1ccc(Cl)cc1)N1C[C@H](O)[C@@H](N2CCC(Nc3ccc(Cl)cc3)CC2)C1. The van der Waals surface area contributed by atoms with Crippen LogP contribution in [0.3, 0.4) is 0 Å². The number of aliphatic hydroxyl groups is 2. The molecule has 4 aromatic rings. The molecule has 0 radical (unpaired) electrons. The summed E-state index contributed by atoms with van der Waals surface area (Å²) >= 11 is 23.8. The minimum atomic E-state index is -0.594. The maximum absolute atomic E-state index is 12.8. The summed E-state index contributed by atoms with van der Waals surface area (Å²) < 4.78 is 0. The molecule has 0 saturated carbocycles. The summed E-state index contributed by atoms with van der Waals surface area (Å²) in [6, 6.07) is 29.2. The van der Waals surface area contributed by atoms with Gasteiger partial charge in [0.1, 0.15) is 0 Å². The third-order valence-electron chi connectivity index (χ3n) is 12.3. The monoisotopic (exact) mass is 924 g/mol. The summed E-state index contributed by atoms with van der Waals surface area (Å²) in [7, 11) is 0. The Bertz CT molecular complexity index is 2100. The summed E-state index contributed by atoms with van der Waals surface area (Å²) in [5.41, 5.74) is 3.10. The van der Waals surface area contributed by atoms with Crippen LogP contribution in [0.25, 0.3) is 0 Å². The Balaban J connectivity index is 0.000000204. The Morgan fingerprint density at radius 1 is 0.565 bits per heavy atom. The molecule has 332 valence electrons. The van der Waals surface area contributed by atoms with E-state index in [0.717, 1.165) is 68.3 Å². The molecule has 4 fully saturated rings. The van der Waals surface area contributed by atoms with Crippen LogP contribution in [0.1, 0.15) is 60.7 Å². The van der Waals surface area contributed by atoms with E-state index in [-0.39, 0.29) is 43.3 Å². The molecule has 4 heterocycles. The second kappa shape index (κ2) is 21.6. The van der Waals surface area contributed by atoms with E-state index in [1.54, 1.807) is 77.4 Å². The number of rotatable bonds is 8. The largest absolute Gasteiger partial charge is 0.390 e. The van der Waals surface area contributed by atoms with Gasteiger partial charge in [-0.3, -0.25) is 24.2 Å². The van der Waals surface area contributed by atoms with Gasteiger partial charge in [-0.25, -0.2) is 0 Å². The van der Waals surface area contributed by atoms with E-state index < -0.39 is 12.2 Å². The zero-order valence-electron chi connectivity index (χ0n) is 34.1. The van der Waals surface area contributed by atoms with E-state index >= 15 is 0 Å². The number of likely N-dealkylation sites (tertiary alicyclic amines) is 4. The lowest BCUT2D eigenvalue weighted by Gasteiger charge is -2.41. The molecule has 0 aliphatic carbocycles. The first-order valence-electron chi connectivity index (χ1n) is 20.8. The highest BCUT2D eigenvalue weighted by Crippen LogP contribution is 2.29. The summed E-state index contributed by atoms with van der Waals surface area (Å²) in [5.74, 6) is -0.141. The van der Waals surface area contributed by atoms with Crippen LogP contribution in [0.2, 0.25) is 20.1 Å². The summed E-state index contributed by atoms with van der Waals surface area (Å²) in [6.07, 6.45) is 2.48. The predicted octanol–water partition coefficient (Wildman–Crippen LogP) is 8.09. The Morgan fingerprint density at radius 2 is 0.935 bits per heavy atom. The lowest BCUT2D eigenvalue weighted by Crippen LogP contribution is -2.52. The highest BCUT2D eigenvalue weighted by molar-refractivity contribution is 6.31. The highest BCUT2D eigenvalue weighted by Gasteiger charge is 2.41. The van der Waals surface area contributed by atoms with Gasteiger partial charge in [0.05, 0.1) is 24.3 Å². The van der Waals surface area contributed by atoms with Gasteiger partial charge in [0.15, 0.2) is 0 Å². The van der Waals surface area contributed by atoms with Gasteiger partial charge in [-0.2, -0.15) is 0 Å². The second-order valence-electron chi connectivity index (χ2n) is 16.3. The van der Waals surface area contributed by atoms with Crippen molar-refractivity contribution in [1.29, 1.82) is 0 Å². The molecule has 4 saturated heterocycles. The normalized spacial score (nSPS) is 22.4. The van der Waals surface area contributed by atoms with Gasteiger partial charge in [0.25, 0.3) is 11.8 Å². The number of hydrogen-bond donors (Lipinski definition) is 3. The topological polar surface area (TPSA) is 120 Å². The number of aliphatic hydroxyl groups excluding tert-OH is 2. The van der Waals surface area contributed by atoms with Gasteiger partial charge in [0, 0.05) is 114 Å². The van der Waals surface area contributed by atoms with E-state index in [1.165, 1.54) is 0 Å². The third kappa shape index (κ3) is 11.8. The maximum atomic E-state index is 12.8. The molecule has 0 spiro atoms. The molecule has 4 aliphatic heterocycles. The van der Waals surface area contributed by atoms with Crippen molar-refractivity contribution in [3.05, 3.63) is 128 Å². The van der Waals surface area contributed by atoms with Crippen molar-refractivity contribution in [2.45, 2.75) is 76.4 Å². The fourth-order valence-electron chi connectivity index (χ4n) is 9.02. The Kier molecular flexibility index (Phi) is 16.6. The van der Waals surface area contributed by atoms with Crippen LogP contribution >= 0.6 is 46.4 Å². The molecule has 0 unspecified atom stereocenters. The van der Waals surface area contributed by atoms with Crippen LogP contribution in [-0.2, 0) is 4.79 Å². The molecule has 0 aromatic heterocycles. The highest BCUT2D eigenvalue weighted by atomic mass is 35.5. The van der Waals surface area contributed by atoms with E-state index in [9.17, 15) is 24.6 Å². The minimum Gasteiger partial charge on any atom is -0.390 e. The van der Waals surface area contributed by atoms with Crippen LogP contribution in [0.5, 0.6) is 0 Å². The first-order valence-corrected chi connectivity index (χ1v) is 22.4. The predicted molar refractivity (Wildman–Crippen MR) is 250 cm³/mol. The zero-order chi connectivity index (χ0) is 43.2. The lowest BCUT2D eigenvalue weighted by atomic mass is 9.99. The quantitative estimate of drug-likeness (QED) is 0.162. The van der Waals surface area contributed by atoms with E-state index in [0.29, 0.717) is 58.4 Å². The van der Waals surface area contributed by atoms with Crippen molar-refractivity contribution < 1.29 is 24.6 Å². The first kappa shape index (κ1) is 47.6. The van der Waals surface area contributed by atoms with Crippen LogP contribution in [-0.4, -0.2) is 136 Å². The fourth-order valence-corrected chi connectivity index (χ4v) is 9.53. The van der Waals surface area contributed by atoms with Crippen LogP contribution in [0.15, 0.2) is 97.1 Å². The van der Waals surface area contributed by atoms with Gasteiger partial charge < -0.3 is 30.2 Å². The molecular weight excluding hydrogens is 870 g/mol. The van der Waals surface area contributed by atoms with Crippen LogP contribution < -0.4 is 10.2 Å². The van der Waals surface area contributed by atoms with Crippen molar-refractivity contribution in [3.63, 3.8) is 0 Å². The number of halogens is 4. The first-order chi connectivity index (χ1) is 29.3. The molecule has 4 aromatic carbocycles. The Hall–Kier alpha value is -3.91. The van der Waals surface area contributed by atoms with E-state index in [2.05, 4.69) is 15.1 Å². The number of nitrogens with zero attached hydrogens (tertiary/aromatic N) is 5. The van der Waals surface area contributed by atoms with Crippen molar-refractivity contribution in [2.75, 3.05) is 62.6 Å². The average molecular weight is 927 g/mol. The summed E-state index contributed by atoms with van der Waals surface area (Å²) in [6.45, 7) is 6.62. The number of hydrogen-bond acceptors (Lipinski definition) is 8. The minimum absolute atomic E-state index is 0. The summed E-state index contributed by atoms with van der Waals surface area (Å²) in [4.78, 5) is 47.8. The van der Waals surface area contributed by atoms with Gasteiger partial charge in [-0.1, -0.05) is 53.8 Å². The number of piperidine rings is 2. The van der Waals surface area contributed by atoms with E-state index in [1.807, 2.05) is 41.3 Å². The molecule has 4 atom stereocenters.